The van der Waals surface area contributed by atoms with E-state index in [0.717, 1.165) is 12.2 Å². The third-order valence-electron chi connectivity index (χ3n) is 3.33. The highest BCUT2D eigenvalue weighted by Gasteiger charge is 2.23. The second-order valence-corrected chi connectivity index (χ2v) is 5.81. The zero-order valence-corrected chi connectivity index (χ0v) is 11.0. The average Bonchev–Trinajstić information content (AvgIpc) is 2.71. The van der Waals surface area contributed by atoms with Gasteiger partial charge < -0.3 is 9.84 Å². The molecule has 0 heterocycles. The molecule has 2 rings (SSSR count). The van der Waals surface area contributed by atoms with E-state index in [4.69, 9.17) is 9.84 Å². The van der Waals surface area contributed by atoms with Crippen LogP contribution in [-0.2, 0) is 17.6 Å². The first-order valence-corrected chi connectivity index (χ1v) is 6.43. The van der Waals surface area contributed by atoms with Crippen molar-refractivity contribution in [1.29, 1.82) is 0 Å². The first kappa shape index (κ1) is 12.9. The molecule has 3 nitrogen and oxygen atoms in total. The first-order valence-electron chi connectivity index (χ1n) is 6.43. The highest BCUT2D eigenvalue weighted by Crippen LogP contribution is 2.28. The van der Waals surface area contributed by atoms with Gasteiger partial charge in [0, 0.05) is 5.41 Å². The summed E-state index contributed by atoms with van der Waals surface area (Å²) < 4.78 is 5.73. The van der Waals surface area contributed by atoms with E-state index in [2.05, 4.69) is 12.1 Å². The van der Waals surface area contributed by atoms with Crippen molar-refractivity contribution in [3.8, 4) is 5.75 Å². The molecule has 0 fully saturated rings. The number of hydrogen-bond donors (Lipinski definition) is 1. The Morgan fingerprint density at radius 2 is 2.06 bits per heavy atom. The normalized spacial score (nSPS) is 14.3. The quantitative estimate of drug-likeness (QED) is 0.871. The predicted molar refractivity (Wildman–Crippen MR) is 70.0 cm³/mol. The van der Waals surface area contributed by atoms with Gasteiger partial charge >= 0.3 is 5.97 Å². The largest absolute Gasteiger partial charge is 0.493 e. The summed E-state index contributed by atoms with van der Waals surface area (Å²) >= 11 is 0. The summed E-state index contributed by atoms with van der Waals surface area (Å²) in [5.41, 5.74) is 2.46. The zero-order chi connectivity index (χ0) is 13.2. The van der Waals surface area contributed by atoms with Crippen LogP contribution in [0.3, 0.4) is 0 Å². The Balaban J connectivity index is 1.96. The number of hydrogen-bond acceptors (Lipinski definition) is 2. The maximum Gasteiger partial charge on any atom is 0.304 e. The first-order chi connectivity index (χ1) is 8.46. The molecule has 0 amide bonds. The summed E-state index contributed by atoms with van der Waals surface area (Å²) in [5.74, 6) is 0.0756. The number of carbonyl (C=O) groups is 1. The van der Waals surface area contributed by atoms with Gasteiger partial charge in [0.05, 0.1) is 13.0 Å². The fourth-order valence-corrected chi connectivity index (χ4v) is 2.38. The average molecular weight is 248 g/mol. The maximum atomic E-state index is 10.7. The fourth-order valence-electron chi connectivity index (χ4n) is 2.38. The summed E-state index contributed by atoms with van der Waals surface area (Å²) in [7, 11) is 0. The molecule has 0 aromatic heterocycles. The number of benzene rings is 1. The minimum absolute atomic E-state index is 0.123. The molecule has 1 N–H and O–H groups in total. The number of aryl methyl sites for hydroxylation is 2. The molecule has 0 spiro atoms. The van der Waals surface area contributed by atoms with Gasteiger partial charge in [-0.2, -0.15) is 0 Å². The van der Waals surface area contributed by atoms with Crippen LogP contribution in [-0.4, -0.2) is 17.7 Å². The number of carboxylic acids is 1. The van der Waals surface area contributed by atoms with E-state index in [1.54, 1.807) is 0 Å². The molecule has 0 radical (unpaired) electrons. The second kappa shape index (κ2) is 5.01. The van der Waals surface area contributed by atoms with Crippen LogP contribution in [0.15, 0.2) is 18.2 Å². The number of aliphatic carboxylic acids is 1. The van der Waals surface area contributed by atoms with Crippen LogP contribution in [0.5, 0.6) is 5.75 Å². The standard InChI is InChI=1S/C15H20O3/c1-15(2,9-14(16)17)10-18-13-7-6-11-4-3-5-12(11)8-13/h6-8H,3-5,9-10H2,1-2H3,(H,16,17). The molecule has 18 heavy (non-hydrogen) atoms. The van der Waals surface area contributed by atoms with Crippen molar-refractivity contribution in [1.82, 2.24) is 0 Å². The molecule has 0 saturated heterocycles. The molecular formula is C15H20O3. The van der Waals surface area contributed by atoms with Crippen LogP contribution < -0.4 is 4.74 Å². The van der Waals surface area contributed by atoms with E-state index < -0.39 is 5.97 Å². The highest BCUT2D eigenvalue weighted by molar-refractivity contribution is 5.67. The van der Waals surface area contributed by atoms with Gasteiger partial charge in [0.15, 0.2) is 0 Å². The van der Waals surface area contributed by atoms with Gasteiger partial charge in [0.25, 0.3) is 0 Å². The Bertz CT molecular complexity index is 449. The fraction of sp³-hybridized carbons (Fsp3) is 0.533. The minimum Gasteiger partial charge on any atom is -0.493 e. The minimum atomic E-state index is -0.780. The second-order valence-electron chi connectivity index (χ2n) is 5.81. The Kier molecular flexibility index (Phi) is 3.60. The Morgan fingerprint density at radius 1 is 1.33 bits per heavy atom. The summed E-state index contributed by atoms with van der Waals surface area (Å²) in [5, 5.41) is 8.82. The van der Waals surface area contributed by atoms with Crippen molar-refractivity contribution < 1.29 is 14.6 Å². The van der Waals surface area contributed by atoms with Gasteiger partial charge in [-0.05, 0) is 42.5 Å². The van der Waals surface area contributed by atoms with E-state index in [9.17, 15) is 4.79 Å². The van der Waals surface area contributed by atoms with E-state index >= 15 is 0 Å². The Hall–Kier alpha value is -1.51. The lowest BCUT2D eigenvalue weighted by atomic mass is 9.90. The molecule has 0 aliphatic heterocycles. The zero-order valence-electron chi connectivity index (χ0n) is 11.0. The van der Waals surface area contributed by atoms with Gasteiger partial charge in [0.1, 0.15) is 5.75 Å². The molecule has 1 aromatic rings. The lowest BCUT2D eigenvalue weighted by Gasteiger charge is -2.22. The van der Waals surface area contributed by atoms with Gasteiger partial charge in [-0.25, -0.2) is 0 Å². The summed E-state index contributed by atoms with van der Waals surface area (Å²) in [6.07, 6.45) is 3.65. The van der Waals surface area contributed by atoms with Gasteiger partial charge in [-0.15, -0.1) is 0 Å². The third kappa shape index (κ3) is 3.25. The third-order valence-corrected chi connectivity index (χ3v) is 3.33. The van der Waals surface area contributed by atoms with Gasteiger partial charge in [-0.1, -0.05) is 19.9 Å². The van der Waals surface area contributed by atoms with Crippen molar-refractivity contribution in [2.75, 3.05) is 6.61 Å². The topological polar surface area (TPSA) is 46.5 Å². The monoisotopic (exact) mass is 248 g/mol. The smallest absolute Gasteiger partial charge is 0.304 e. The molecule has 0 saturated carbocycles. The van der Waals surface area contributed by atoms with Crippen LogP contribution in [0.25, 0.3) is 0 Å². The van der Waals surface area contributed by atoms with Crippen LogP contribution in [0, 0.1) is 5.41 Å². The molecule has 1 aliphatic carbocycles. The molecule has 0 unspecified atom stereocenters. The molecule has 1 aromatic carbocycles. The van der Waals surface area contributed by atoms with Crippen LogP contribution >= 0.6 is 0 Å². The molecule has 1 aliphatic rings. The van der Waals surface area contributed by atoms with E-state index in [0.29, 0.717) is 6.61 Å². The molecule has 3 heteroatoms. The number of fused-ring (bicyclic) bond motifs is 1. The summed E-state index contributed by atoms with van der Waals surface area (Å²) in [6.45, 7) is 4.25. The van der Waals surface area contributed by atoms with Crippen LogP contribution in [0.4, 0.5) is 0 Å². The predicted octanol–water partition coefficient (Wildman–Crippen LogP) is 3.06. The summed E-state index contributed by atoms with van der Waals surface area (Å²) in [6, 6.07) is 6.21. The Labute approximate surface area is 108 Å². The van der Waals surface area contributed by atoms with Gasteiger partial charge in [0.2, 0.25) is 0 Å². The van der Waals surface area contributed by atoms with E-state index in [-0.39, 0.29) is 11.8 Å². The van der Waals surface area contributed by atoms with Crippen molar-refractivity contribution in [3.63, 3.8) is 0 Å². The van der Waals surface area contributed by atoms with Gasteiger partial charge in [-0.3, -0.25) is 4.79 Å². The maximum absolute atomic E-state index is 10.7. The van der Waals surface area contributed by atoms with Crippen molar-refractivity contribution in [2.24, 2.45) is 5.41 Å². The van der Waals surface area contributed by atoms with Crippen LogP contribution in [0.1, 0.15) is 37.8 Å². The lowest BCUT2D eigenvalue weighted by molar-refractivity contribution is -0.139. The van der Waals surface area contributed by atoms with Crippen molar-refractivity contribution in [3.05, 3.63) is 29.3 Å². The molecule has 0 atom stereocenters. The molecular weight excluding hydrogens is 228 g/mol. The lowest BCUT2D eigenvalue weighted by Crippen LogP contribution is -2.24. The summed E-state index contributed by atoms with van der Waals surface area (Å²) in [4.78, 5) is 10.7. The number of rotatable bonds is 5. The molecule has 0 bridgehead atoms. The highest BCUT2D eigenvalue weighted by atomic mass is 16.5. The number of ether oxygens (including phenoxy) is 1. The van der Waals surface area contributed by atoms with Crippen molar-refractivity contribution >= 4 is 5.97 Å². The molecule has 98 valence electrons. The van der Waals surface area contributed by atoms with E-state index in [1.807, 2.05) is 19.9 Å². The number of carboxylic acid groups (broad SMARTS) is 1. The Morgan fingerprint density at radius 3 is 2.78 bits per heavy atom. The van der Waals surface area contributed by atoms with Crippen LogP contribution in [0.2, 0.25) is 0 Å². The van der Waals surface area contributed by atoms with E-state index in [1.165, 1.54) is 24.0 Å². The SMILES string of the molecule is CC(C)(COc1ccc2c(c1)CCC2)CC(=O)O. The van der Waals surface area contributed by atoms with Crippen molar-refractivity contribution in [2.45, 2.75) is 39.5 Å².